The smallest absolute Gasteiger partial charge is 0.255 e. The maximum atomic E-state index is 13.9. The Bertz CT molecular complexity index is 1930. The van der Waals surface area contributed by atoms with Crippen molar-refractivity contribution in [2.24, 2.45) is 5.73 Å². The summed E-state index contributed by atoms with van der Waals surface area (Å²) in [6, 6.07) is 25.2. The van der Waals surface area contributed by atoms with Crippen LogP contribution in [0, 0.1) is 5.41 Å². The summed E-state index contributed by atoms with van der Waals surface area (Å²) in [7, 11) is 0. The number of aromatic nitrogens is 1. The Balaban J connectivity index is 1.26. The fourth-order valence-electron chi connectivity index (χ4n) is 5.68. The van der Waals surface area contributed by atoms with Gasteiger partial charge in [-0.2, -0.15) is 0 Å². The van der Waals surface area contributed by atoms with Crippen LogP contribution in [-0.2, 0) is 11.2 Å². The van der Waals surface area contributed by atoms with E-state index in [0.29, 0.717) is 41.9 Å². The SMILES string of the molecule is N=C(N)N1CCN(C(=O)[C@H](Cc2c[nH]c3ccccc23)NC(=O)c2cc(Br)ccc2NC(=O)c2ccc3ccccc3c2)CC1. The molecule has 3 amide bonds. The predicted molar refractivity (Wildman–Crippen MR) is 179 cm³/mol. The molecule has 0 unspecified atom stereocenters. The first kappa shape index (κ1) is 29.9. The standard InChI is InChI=1S/C34H32BrN7O3/c35-25-11-12-29(39-31(43)23-10-9-21-5-1-2-6-22(21)17-23)27(19-25)32(44)40-30(18-24-20-38-28-8-4-3-7-26(24)28)33(45)41-13-15-42(16-14-41)34(36)37/h1-12,17,19-20,30,38H,13-16,18H2,(H3,36,37)(H,39,43)(H,40,44)/t30-/m0/s1. The zero-order valence-corrected chi connectivity index (χ0v) is 25.9. The molecule has 0 saturated carbocycles. The topological polar surface area (TPSA) is 147 Å². The number of anilines is 1. The molecule has 45 heavy (non-hydrogen) atoms. The Labute approximate surface area is 268 Å². The molecular weight excluding hydrogens is 634 g/mol. The van der Waals surface area contributed by atoms with Crippen LogP contribution in [0.4, 0.5) is 5.69 Å². The van der Waals surface area contributed by atoms with Crippen molar-refractivity contribution in [3.8, 4) is 0 Å². The van der Waals surface area contributed by atoms with Gasteiger partial charge in [-0.15, -0.1) is 0 Å². The molecule has 0 spiro atoms. The number of hydrogen-bond acceptors (Lipinski definition) is 4. The molecule has 2 heterocycles. The summed E-state index contributed by atoms with van der Waals surface area (Å²) in [5, 5.41) is 16.5. The summed E-state index contributed by atoms with van der Waals surface area (Å²) >= 11 is 3.45. The van der Waals surface area contributed by atoms with Gasteiger partial charge in [-0.05, 0) is 52.7 Å². The van der Waals surface area contributed by atoms with Crippen LogP contribution >= 0.6 is 15.9 Å². The van der Waals surface area contributed by atoms with Crippen molar-refractivity contribution in [2.75, 3.05) is 31.5 Å². The number of para-hydroxylation sites is 1. The predicted octanol–water partition coefficient (Wildman–Crippen LogP) is 4.71. The van der Waals surface area contributed by atoms with Crippen LogP contribution in [0.1, 0.15) is 26.3 Å². The molecule has 1 atom stereocenters. The van der Waals surface area contributed by atoms with Gasteiger partial charge < -0.3 is 31.2 Å². The number of aromatic amines is 1. The Morgan fingerprint density at radius 3 is 2.36 bits per heavy atom. The number of carbonyl (C=O) groups excluding carboxylic acids is 3. The number of halogens is 1. The molecule has 228 valence electrons. The maximum absolute atomic E-state index is 13.9. The molecule has 11 heteroatoms. The van der Waals surface area contributed by atoms with Crippen molar-refractivity contribution in [3.05, 3.63) is 112 Å². The minimum Gasteiger partial charge on any atom is -0.370 e. The van der Waals surface area contributed by atoms with E-state index in [2.05, 4.69) is 31.5 Å². The number of amides is 3. The van der Waals surface area contributed by atoms with Crippen LogP contribution in [0.2, 0.25) is 0 Å². The third kappa shape index (κ3) is 6.53. The summed E-state index contributed by atoms with van der Waals surface area (Å²) in [4.78, 5) is 47.8. The third-order valence-electron chi connectivity index (χ3n) is 8.12. The molecule has 1 aliphatic heterocycles. The molecule has 0 aliphatic carbocycles. The summed E-state index contributed by atoms with van der Waals surface area (Å²) < 4.78 is 0.649. The molecular formula is C34H32BrN7O3. The highest BCUT2D eigenvalue weighted by Crippen LogP contribution is 2.25. The Morgan fingerprint density at radius 2 is 1.58 bits per heavy atom. The van der Waals surface area contributed by atoms with Crippen molar-refractivity contribution in [1.82, 2.24) is 20.1 Å². The van der Waals surface area contributed by atoms with E-state index in [9.17, 15) is 14.4 Å². The fraction of sp³-hybridized carbons (Fsp3) is 0.176. The number of fused-ring (bicyclic) bond motifs is 2. The highest BCUT2D eigenvalue weighted by atomic mass is 79.9. The van der Waals surface area contributed by atoms with Gasteiger partial charge in [0.15, 0.2) is 5.96 Å². The minimum absolute atomic E-state index is 0.0290. The number of H-pyrrole nitrogens is 1. The number of nitrogens with one attached hydrogen (secondary N) is 4. The molecule has 1 fully saturated rings. The van der Waals surface area contributed by atoms with Gasteiger partial charge in [0.05, 0.1) is 11.3 Å². The van der Waals surface area contributed by atoms with E-state index in [0.717, 1.165) is 27.2 Å². The van der Waals surface area contributed by atoms with Crippen LogP contribution in [0.15, 0.2) is 95.6 Å². The summed E-state index contributed by atoms with van der Waals surface area (Å²) in [6.45, 7) is 1.63. The van der Waals surface area contributed by atoms with Crippen molar-refractivity contribution in [1.29, 1.82) is 5.41 Å². The lowest BCUT2D eigenvalue weighted by Crippen LogP contribution is -2.57. The molecule has 4 aromatic carbocycles. The number of rotatable bonds is 7. The number of piperazine rings is 1. The monoisotopic (exact) mass is 665 g/mol. The van der Waals surface area contributed by atoms with E-state index in [1.807, 2.05) is 66.9 Å². The highest BCUT2D eigenvalue weighted by Gasteiger charge is 2.31. The van der Waals surface area contributed by atoms with Crippen LogP contribution in [-0.4, -0.2) is 70.7 Å². The van der Waals surface area contributed by atoms with Gasteiger partial charge in [0.25, 0.3) is 11.8 Å². The molecule has 0 radical (unpaired) electrons. The highest BCUT2D eigenvalue weighted by molar-refractivity contribution is 9.10. The van der Waals surface area contributed by atoms with Gasteiger partial charge in [0.2, 0.25) is 5.91 Å². The first-order valence-electron chi connectivity index (χ1n) is 14.6. The molecule has 1 aliphatic rings. The summed E-state index contributed by atoms with van der Waals surface area (Å²) in [6.07, 6.45) is 2.12. The van der Waals surface area contributed by atoms with Gasteiger partial charge in [-0.3, -0.25) is 19.8 Å². The molecule has 6 rings (SSSR count). The Hall–Kier alpha value is -5.16. The third-order valence-corrected chi connectivity index (χ3v) is 8.61. The lowest BCUT2D eigenvalue weighted by Gasteiger charge is -2.36. The Morgan fingerprint density at radius 1 is 0.867 bits per heavy atom. The van der Waals surface area contributed by atoms with Crippen LogP contribution in [0.25, 0.3) is 21.7 Å². The van der Waals surface area contributed by atoms with Gasteiger partial charge in [0.1, 0.15) is 6.04 Å². The van der Waals surface area contributed by atoms with Crippen molar-refractivity contribution < 1.29 is 14.4 Å². The molecule has 1 saturated heterocycles. The van der Waals surface area contributed by atoms with Crippen molar-refractivity contribution >= 4 is 67.0 Å². The molecule has 1 aromatic heterocycles. The maximum Gasteiger partial charge on any atom is 0.255 e. The number of carbonyl (C=O) groups is 3. The molecule has 6 N–H and O–H groups in total. The number of guanidine groups is 1. The zero-order chi connectivity index (χ0) is 31.5. The molecule has 5 aromatic rings. The number of nitrogens with two attached hydrogens (primary N) is 1. The molecule has 0 bridgehead atoms. The van der Waals surface area contributed by atoms with Gasteiger partial charge in [0, 0.05) is 59.7 Å². The van der Waals surface area contributed by atoms with Gasteiger partial charge in [-0.25, -0.2) is 0 Å². The Kier molecular flexibility index (Phi) is 8.52. The normalized spacial score (nSPS) is 13.9. The molecule has 10 nitrogen and oxygen atoms in total. The second-order valence-corrected chi connectivity index (χ2v) is 11.9. The van der Waals surface area contributed by atoms with E-state index >= 15 is 0 Å². The quantitative estimate of drug-likeness (QED) is 0.126. The zero-order valence-electron chi connectivity index (χ0n) is 24.3. The van der Waals surface area contributed by atoms with Crippen LogP contribution in [0.3, 0.4) is 0 Å². The van der Waals surface area contributed by atoms with Gasteiger partial charge in [-0.1, -0.05) is 64.5 Å². The van der Waals surface area contributed by atoms with Crippen molar-refractivity contribution in [2.45, 2.75) is 12.5 Å². The second-order valence-electron chi connectivity index (χ2n) is 11.0. The van der Waals surface area contributed by atoms with Crippen LogP contribution in [0.5, 0.6) is 0 Å². The largest absolute Gasteiger partial charge is 0.370 e. The fourth-order valence-corrected chi connectivity index (χ4v) is 6.04. The average Bonchev–Trinajstić information content (AvgIpc) is 3.47. The first-order chi connectivity index (χ1) is 21.8. The van der Waals surface area contributed by atoms with Crippen LogP contribution < -0.4 is 16.4 Å². The lowest BCUT2D eigenvalue weighted by atomic mass is 10.0. The van der Waals surface area contributed by atoms with E-state index < -0.39 is 11.9 Å². The number of hydrogen-bond donors (Lipinski definition) is 5. The number of benzene rings is 4. The lowest BCUT2D eigenvalue weighted by molar-refractivity contribution is -0.134. The van der Waals surface area contributed by atoms with E-state index in [1.54, 1.807) is 34.1 Å². The number of nitrogens with zero attached hydrogens (tertiary/aromatic N) is 2. The second kappa shape index (κ2) is 12.8. The van der Waals surface area contributed by atoms with E-state index in [-0.39, 0.29) is 29.8 Å². The first-order valence-corrected chi connectivity index (χ1v) is 15.4. The van der Waals surface area contributed by atoms with Gasteiger partial charge >= 0.3 is 0 Å². The van der Waals surface area contributed by atoms with Crippen molar-refractivity contribution in [3.63, 3.8) is 0 Å². The summed E-state index contributed by atoms with van der Waals surface area (Å²) in [5.74, 6) is -1.11. The van der Waals surface area contributed by atoms with E-state index in [4.69, 9.17) is 11.1 Å². The van der Waals surface area contributed by atoms with E-state index in [1.165, 1.54) is 0 Å². The summed E-state index contributed by atoms with van der Waals surface area (Å²) in [5.41, 5.74) is 8.48. The average molecular weight is 667 g/mol. The minimum atomic E-state index is -0.886.